The van der Waals surface area contributed by atoms with Gasteiger partial charge in [0.05, 0.1) is 12.0 Å². The Balaban J connectivity index is 1.30. The van der Waals surface area contributed by atoms with Gasteiger partial charge in [0, 0.05) is 55.9 Å². The lowest BCUT2D eigenvalue weighted by atomic mass is 10.1. The predicted molar refractivity (Wildman–Crippen MR) is 109 cm³/mol. The average molecular weight is 394 g/mol. The van der Waals surface area contributed by atoms with Crippen molar-refractivity contribution in [2.75, 3.05) is 13.1 Å². The number of benzene rings is 1. The molecule has 2 saturated heterocycles. The van der Waals surface area contributed by atoms with E-state index in [9.17, 15) is 4.79 Å². The fourth-order valence-corrected chi connectivity index (χ4v) is 5.30. The van der Waals surface area contributed by atoms with Crippen molar-refractivity contribution < 1.29 is 4.79 Å². The first-order valence-electron chi connectivity index (χ1n) is 9.72. The fourth-order valence-electron chi connectivity index (χ4n) is 4.50. The number of nitrogens with zero attached hydrogens (tertiary/aromatic N) is 5. The number of rotatable bonds is 4. The number of carbonyl (C=O) groups excluding carboxylic acids is 1. The minimum absolute atomic E-state index is 0.0771. The van der Waals surface area contributed by atoms with Gasteiger partial charge in [-0.3, -0.25) is 9.69 Å². The zero-order chi connectivity index (χ0) is 19.1. The molecule has 0 saturated carbocycles. The molecular formula is C21H23N5OS. The Kier molecular flexibility index (Phi) is 4.49. The van der Waals surface area contributed by atoms with Gasteiger partial charge in [0.15, 0.2) is 0 Å². The summed E-state index contributed by atoms with van der Waals surface area (Å²) in [4.78, 5) is 26.6. The number of aromatic nitrogens is 3. The number of hydrogen-bond acceptors (Lipinski definition) is 5. The SMILES string of the molecule is Cn1cncc1CN1CC[C@H]2[C@@H]1CCN2C(=O)c1csc(-c2ccccc2)n1. The van der Waals surface area contributed by atoms with Gasteiger partial charge in [-0.25, -0.2) is 9.97 Å². The molecule has 0 N–H and O–H groups in total. The minimum Gasteiger partial charge on any atom is -0.337 e. The van der Waals surface area contributed by atoms with Gasteiger partial charge in [-0.2, -0.15) is 0 Å². The molecular weight excluding hydrogens is 370 g/mol. The van der Waals surface area contributed by atoms with Crippen LogP contribution in [0.5, 0.6) is 0 Å². The van der Waals surface area contributed by atoms with Crippen LogP contribution < -0.4 is 0 Å². The minimum atomic E-state index is 0.0771. The summed E-state index contributed by atoms with van der Waals surface area (Å²) in [5.74, 6) is 0.0771. The second-order valence-corrected chi connectivity index (χ2v) is 8.44. The molecule has 7 heteroatoms. The van der Waals surface area contributed by atoms with Crippen molar-refractivity contribution in [3.8, 4) is 10.6 Å². The Morgan fingerprint density at radius 2 is 2.00 bits per heavy atom. The van der Waals surface area contributed by atoms with Crippen molar-refractivity contribution >= 4 is 17.2 Å². The third-order valence-electron chi connectivity index (χ3n) is 5.98. The summed E-state index contributed by atoms with van der Waals surface area (Å²) in [6, 6.07) is 10.8. The monoisotopic (exact) mass is 393 g/mol. The molecule has 0 aliphatic carbocycles. The zero-order valence-corrected chi connectivity index (χ0v) is 16.7. The molecule has 4 heterocycles. The summed E-state index contributed by atoms with van der Waals surface area (Å²) in [5.41, 5.74) is 2.86. The number of aryl methyl sites for hydroxylation is 1. The van der Waals surface area contributed by atoms with Crippen LogP contribution in [-0.2, 0) is 13.6 Å². The zero-order valence-electron chi connectivity index (χ0n) is 15.9. The van der Waals surface area contributed by atoms with Crippen LogP contribution in [0, 0.1) is 0 Å². The Morgan fingerprint density at radius 1 is 1.18 bits per heavy atom. The van der Waals surface area contributed by atoms with E-state index in [-0.39, 0.29) is 5.91 Å². The summed E-state index contributed by atoms with van der Waals surface area (Å²) in [6.07, 6.45) is 5.85. The lowest BCUT2D eigenvalue weighted by Gasteiger charge is -2.25. The maximum atomic E-state index is 13.1. The number of carbonyl (C=O) groups is 1. The third kappa shape index (κ3) is 3.04. The van der Waals surface area contributed by atoms with E-state index >= 15 is 0 Å². The van der Waals surface area contributed by atoms with E-state index < -0.39 is 0 Å². The number of imidazole rings is 1. The van der Waals surface area contributed by atoms with Crippen LogP contribution in [0.1, 0.15) is 29.0 Å². The van der Waals surface area contributed by atoms with Crippen LogP contribution in [0.3, 0.4) is 0 Å². The Labute approximate surface area is 168 Å². The summed E-state index contributed by atoms with van der Waals surface area (Å²) >= 11 is 1.54. The molecule has 5 rings (SSSR count). The van der Waals surface area contributed by atoms with Crippen LogP contribution in [0.15, 0.2) is 48.2 Å². The molecule has 0 bridgehead atoms. The van der Waals surface area contributed by atoms with Gasteiger partial charge in [-0.15, -0.1) is 11.3 Å². The molecule has 1 amide bonds. The third-order valence-corrected chi connectivity index (χ3v) is 6.87. The quantitative estimate of drug-likeness (QED) is 0.684. The van der Waals surface area contributed by atoms with Crippen molar-refractivity contribution in [2.24, 2.45) is 7.05 Å². The first-order chi connectivity index (χ1) is 13.7. The standard InChI is InChI=1S/C21H23N5OS/c1-24-14-22-11-16(24)12-25-9-7-19-18(25)8-10-26(19)21(27)17-13-28-20(23-17)15-5-3-2-4-6-15/h2-6,11,13-14,18-19H,7-10,12H2,1H3/t18-,19-/m0/s1. The van der Waals surface area contributed by atoms with Crippen LogP contribution >= 0.6 is 11.3 Å². The molecule has 2 fully saturated rings. The summed E-state index contributed by atoms with van der Waals surface area (Å²) < 4.78 is 2.07. The molecule has 0 radical (unpaired) electrons. The molecule has 3 aromatic rings. The smallest absolute Gasteiger partial charge is 0.273 e. The van der Waals surface area contributed by atoms with E-state index in [1.54, 1.807) is 11.3 Å². The Morgan fingerprint density at radius 3 is 2.79 bits per heavy atom. The Bertz CT molecular complexity index is 982. The van der Waals surface area contributed by atoms with Crippen molar-refractivity contribution in [1.29, 1.82) is 0 Å². The van der Waals surface area contributed by atoms with Gasteiger partial charge < -0.3 is 9.47 Å². The molecule has 6 nitrogen and oxygen atoms in total. The van der Waals surface area contributed by atoms with Crippen LogP contribution in [0.2, 0.25) is 0 Å². The molecule has 144 valence electrons. The first-order valence-corrected chi connectivity index (χ1v) is 10.6. The fraction of sp³-hybridized carbons (Fsp3) is 0.381. The highest BCUT2D eigenvalue weighted by Crippen LogP contribution is 2.34. The largest absolute Gasteiger partial charge is 0.337 e. The summed E-state index contributed by atoms with van der Waals surface area (Å²) in [6.45, 7) is 2.74. The van der Waals surface area contributed by atoms with Crippen LogP contribution in [-0.4, -0.2) is 55.4 Å². The van der Waals surface area contributed by atoms with E-state index in [4.69, 9.17) is 0 Å². The highest BCUT2D eigenvalue weighted by Gasteiger charge is 2.44. The van der Waals surface area contributed by atoms with Gasteiger partial charge in [0.1, 0.15) is 10.7 Å². The van der Waals surface area contributed by atoms with Crippen LogP contribution in [0.4, 0.5) is 0 Å². The number of fused-ring (bicyclic) bond motifs is 1. The number of hydrogen-bond donors (Lipinski definition) is 0. The maximum absolute atomic E-state index is 13.1. The molecule has 2 aromatic heterocycles. The van der Waals surface area contributed by atoms with E-state index in [1.165, 1.54) is 5.69 Å². The summed E-state index contributed by atoms with van der Waals surface area (Å²) in [7, 11) is 2.03. The van der Waals surface area contributed by atoms with Crippen molar-refractivity contribution in [2.45, 2.75) is 31.5 Å². The van der Waals surface area contributed by atoms with Crippen molar-refractivity contribution in [3.63, 3.8) is 0 Å². The first kappa shape index (κ1) is 17.6. The average Bonchev–Trinajstić information content (AvgIpc) is 3.49. The predicted octanol–water partition coefficient (Wildman–Crippen LogP) is 3.03. The van der Waals surface area contributed by atoms with Gasteiger partial charge in [0.25, 0.3) is 5.91 Å². The molecule has 28 heavy (non-hydrogen) atoms. The van der Waals surface area contributed by atoms with Crippen molar-refractivity contribution in [3.05, 3.63) is 59.6 Å². The topological polar surface area (TPSA) is 54.3 Å². The van der Waals surface area contributed by atoms with Gasteiger partial charge in [-0.05, 0) is 12.8 Å². The normalized spacial score (nSPS) is 22.0. The van der Waals surface area contributed by atoms with Gasteiger partial charge >= 0.3 is 0 Å². The van der Waals surface area contributed by atoms with Crippen molar-refractivity contribution in [1.82, 2.24) is 24.3 Å². The van der Waals surface area contributed by atoms with E-state index in [0.717, 1.165) is 43.0 Å². The molecule has 2 aliphatic rings. The molecule has 0 spiro atoms. The lowest BCUT2D eigenvalue weighted by molar-refractivity contribution is 0.0726. The lowest BCUT2D eigenvalue weighted by Crippen LogP contribution is -2.39. The molecule has 2 aliphatic heterocycles. The number of thiazole rings is 1. The second kappa shape index (κ2) is 7.14. The maximum Gasteiger partial charge on any atom is 0.273 e. The number of likely N-dealkylation sites (tertiary alicyclic amines) is 2. The molecule has 0 unspecified atom stereocenters. The van der Waals surface area contributed by atoms with E-state index in [2.05, 4.69) is 24.3 Å². The molecule has 1 aromatic carbocycles. The van der Waals surface area contributed by atoms with E-state index in [1.807, 2.05) is 55.3 Å². The van der Waals surface area contributed by atoms with Crippen LogP contribution in [0.25, 0.3) is 10.6 Å². The number of amides is 1. The second-order valence-electron chi connectivity index (χ2n) is 7.58. The summed E-state index contributed by atoms with van der Waals surface area (Å²) in [5, 5.41) is 2.81. The highest BCUT2D eigenvalue weighted by molar-refractivity contribution is 7.13. The van der Waals surface area contributed by atoms with Gasteiger partial charge in [-0.1, -0.05) is 30.3 Å². The Hall–Kier alpha value is -2.51. The highest BCUT2D eigenvalue weighted by atomic mass is 32.1. The molecule has 2 atom stereocenters. The van der Waals surface area contributed by atoms with Gasteiger partial charge in [0.2, 0.25) is 0 Å². The van der Waals surface area contributed by atoms with E-state index in [0.29, 0.717) is 17.8 Å².